The summed E-state index contributed by atoms with van der Waals surface area (Å²) in [5, 5.41) is 6.26. The van der Waals surface area contributed by atoms with Crippen LogP contribution in [0.2, 0.25) is 0 Å². The van der Waals surface area contributed by atoms with Crippen molar-refractivity contribution in [1.29, 1.82) is 0 Å². The Balaban J connectivity index is 1.39. The molecule has 0 aliphatic carbocycles. The molecular weight excluding hydrogens is 372 g/mol. The number of carbonyl (C=O) groups is 1. The van der Waals surface area contributed by atoms with Crippen LogP contribution in [0.5, 0.6) is 23.0 Å². The molecule has 2 aromatic carbocycles. The molecule has 0 saturated carbocycles. The number of rotatable bonds is 6. The van der Waals surface area contributed by atoms with E-state index in [2.05, 4.69) is 24.5 Å². The summed E-state index contributed by atoms with van der Waals surface area (Å²) in [6.45, 7) is 5.95. The summed E-state index contributed by atoms with van der Waals surface area (Å²) in [6.07, 6.45) is 0.871. The molecule has 2 N–H and O–H groups in total. The zero-order valence-electron chi connectivity index (χ0n) is 16.7. The first kappa shape index (κ1) is 19.4. The Morgan fingerprint density at radius 3 is 2.45 bits per heavy atom. The van der Waals surface area contributed by atoms with Crippen molar-refractivity contribution in [1.82, 2.24) is 5.32 Å². The lowest BCUT2D eigenvalue weighted by atomic mass is 9.95. The van der Waals surface area contributed by atoms with Crippen molar-refractivity contribution in [2.75, 3.05) is 31.9 Å². The fourth-order valence-corrected chi connectivity index (χ4v) is 3.49. The number of hydrogen-bond donors (Lipinski definition) is 2. The predicted molar refractivity (Wildman–Crippen MR) is 109 cm³/mol. The van der Waals surface area contributed by atoms with Gasteiger partial charge in [0.05, 0.1) is 19.8 Å². The van der Waals surface area contributed by atoms with Crippen molar-refractivity contribution in [3.63, 3.8) is 0 Å². The van der Waals surface area contributed by atoms with Crippen molar-refractivity contribution in [2.24, 2.45) is 5.92 Å². The van der Waals surface area contributed by atoms with E-state index in [9.17, 15) is 4.79 Å². The molecule has 2 heterocycles. The molecule has 4 rings (SSSR count). The van der Waals surface area contributed by atoms with Crippen molar-refractivity contribution in [3.05, 3.63) is 42.0 Å². The van der Waals surface area contributed by atoms with Gasteiger partial charge in [-0.25, -0.2) is 0 Å². The van der Waals surface area contributed by atoms with Crippen LogP contribution < -0.4 is 29.6 Å². The van der Waals surface area contributed by atoms with E-state index in [4.69, 9.17) is 18.9 Å². The summed E-state index contributed by atoms with van der Waals surface area (Å²) in [7, 11) is 0. The molecule has 1 atom stereocenters. The molecule has 29 heavy (non-hydrogen) atoms. The van der Waals surface area contributed by atoms with Crippen LogP contribution in [0.1, 0.15) is 31.9 Å². The largest absolute Gasteiger partial charge is 0.490 e. The topological polar surface area (TPSA) is 78.1 Å². The van der Waals surface area contributed by atoms with E-state index < -0.39 is 0 Å². The van der Waals surface area contributed by atoms with E-state index in [1.165, 1.54) is 0 Å². The smallest absolute Gasteiger partial charge is 0.238 e. The lowest BCUT2D eigenvalue weighted by Crippen LogP contribution is -2.33. The number of amides is 1. The summed E-state index contributed by atoms with van der Waals surface area (Å²) < 4.78 is 22.2. The van der Waals surface area contributed by atoms with E-state index >= 15 is 0 Å². The monoisotopic (exact) mass is 398 g/mol. The number of nitrogens with one attached hydrogen (secondary N) is 2. The molecule has 2 aliphatic rings. The van der Waals surface area contributed by atoms with Crippen molar-refractivity contribution in [2.45, 2.75) is 26.3 Å². The fraction of sp³-hybridized carbons (Fsp3) is 0.409. The molecule has 2 aliphatic heterocycles. The number of hydrogen-bond acceptors (Lipinski definition) is 6. The second-order valence-electron chi connectivity index (χ2n) is 7.48. The molecular formula is C22H26N2O5. The molecule has 0 spiro atoms. The quantitative estimate of drug-likeness (QED) is 0.776. The standard InChI is InChI=1S/C22H26N2O5/c1-14(2)22(15-4-6-17-19(10-15)27-9-3-8-26-17)23-12-21(25)24-16-5-7-18-20(11-16)29-13-28-18/h4-7,10-11,14,22-23H,3,8-9,12-13H2,1-2H3,(H,24,25). The van der Waals surface area contributed by atoms with E-state index in [1.54, 1.807) is 18.2 Å². The van der Waals surface area contributed by atoms with E-state index in [0.29, 0.717) is 30.4 Å². The Hall–Kier alpha value is -2.93. The lowest BCUT2D eigenvalue weighted by molar-refractivity contribution is -0.115. The summed E-state index contributed by atoms with van der Waals surface area (Å²) in [5.74, 6) is 3.03. The number of ether oxygens (including phenoxy) is 4. The number of anilines is 1. The molecule has 2 aromatic rings. The Kier molecular flexibility index (Phi) is 5.76. The van der Waals surface area contributed by atoms with Crippen LogP contribution in [0, 0.1) is 5.92 Å². The second kappa shape index (κ2) is 8.61. The third-order valence-electron chi connectivity index (χ3n) is 4.94. The highest BCUT2D eigenvalue weighted by atomic mass is 16.7. The minimum atomic E-state index is -0.121. The van der Waals surface area contributed by atoms with Crippen molar-refractivity contribution in [3.8, 4) is 23.0 Å². The van der Waals surface area contributed by atoms with Gasteiger partial charge < -0.3 is 29.6 Å². The second-order valence-corrected chi connectivity index (χ2v) is 7.48. The zero-order valence-corrected chi connectivity index (χ0v) is 16.7. The molecule has 0 radical (unpaired) electrons. The highest BCUT2D eigenvalue weighted by molar-refractivity contribution is 5.92. The molecule has 0 bridgehead atoms. The van der Waals surface area contributed by atoms with Gasteiger partial charge in [-0.1, -0.05) is 19.9 Å². The summed E-state index contributed by atoms with van der Waals surface area (Å²) in [6, 6.07) is 11.4. The minimum Gasteiger partial charge on any atom is -0.490 e. The van der Waals surface area contributed by atoms with Gasteiger partial charge in [-0.3, -0.25) is 4.79 Å². The van der Waals surface area contributed by atoms with E-state index in [-0.39, 0.29) is 31.2 Å². The highest BCUT2D eigenvalue weighted by Gasteiger charge is 2.20. The van der Waals surface area contributed by atoms with Crippen LogP contribution in [0.3, 0.4) is 0 Å². The van der Waals surface area contributed by atoms with Crippen LogP contribution in [-0.2, 0) is 4.79 Å². The molecule has 7 heteroatoms. The lowest BCUT2D eigenvalue weighted by Gasteiger charge is -2.23. The van der Waals surface area contributed by atoms with Gasteiger partial charge in [-0.15, -0.1) is 0 Å². The maximum absolute atomic E-state index is 12.5. The third kappa shape index (κ3) is 4.56. The molecule has 0 saturated heterocycles. The van der Waals surface area contributed by atoms with Crippen LogP contribution in [0.15, 0.2) is 36.4 Å². The minimum absolute atomic E-state index is 0.00894. The Labute approximate surface area is 170 Å². The van der Waals surface area contributed by atoms with E-state index in [1.807, 2.05) is 18.2 Å². The predicted octanol–water partition coefficient (Wildman–Crippen LogP) is 3.50. The fourth-order valence-electron chi connectivity index (χ4n) is 3.49. The van der Waals surface area contributed by atoms with Crippen LogP contribution in [0.25, 0.3) is 0 Å². The number of benzene rings is 2. The van der Waals surface area contributed by atoms with Crippen LogP contribution in [-0.4, -0.2) is 32.5 Å². The molecule has 0 aromatic heterocycles. The van der Waals surface area contributed by atoms with Gasteiger partial charge in [0.1, 0.15) is 0 Å². The normalized spacial score (nSPS) is 15.7. The Bertz CT molecular complexity index is 884. The van der Waals surface area contributed by atoms with Gasteiger partial charge >= 0.3 is 0 Å². The maximum Gasteiger partial charge on any atom is 0.238 e. The van der Waals surface area contributed by atoms with Gasteiger partial charge in [0.15, 0.2) is 23.0 Å². The summed E-state index contributed by atoms with van der Waals surface area (Å²) in [4.78, 5) is 12.5. The maximum atomic E-state index is 12.5. The van der Waals surface area contributed by atoms with E-state index in [0.717, 1.165) is 23.5 Å². The molecule has 1 amide bonds. The third-order valence-corrected chi connectivity index (χ3v) is 4.94. The first-order valence-corrected chi connectivity index (χ1v) is 9.92. The average Bonchev–Trinajstić information content (AvgIpc) is 3.04. The zero-order chi connectivity index (χ0) is 20.2. The number of fused-ring (bicyclic) bond motifs is 2. The average molecular weight is 398 g/mol. The molecule has 154 valence electrons. The Morgan fingerprint density at radius 2 is 1.62 bits per heavy atom. The SMILES string of the molecule is CC(C)C(NCC(=O)Nc1ccc2c(c1)OCO2)c1ccc2c(c1)OCCCO2. The summed E-state index contributed by atoms with van der Waals surface area (Å²) in [5.41, 5.74) is 1.75. The first-order chi connectivity index (χ1) is 14.1. The molecule has 0 fully saturated rings. The van der Waals surface area contributed by atoms with Gasteiger partial charge in [-0.2, -0.15) is 0 Å². The van der Waals surface area contributed by atoms with Gasteiger partial charge in [0, 0.05) is 24.2 Å². The van der Waals surface area contributed by atoms with Crippen molar-refractivity contribution >= 4 is 11.6 Å². The van der Waals surface area contributed by atoms with Gasteiger partial charge in [0.25, 0.3) is 0 Å². The van der Waals surface area contributed by atoms with Crippen LogP contribution >= 0.6 is 0 Å². The Morgan fingerprint density at radius 1 is 0.931 bits per heavy atom. The molecule has 1 unspecified atom stereocenters. The van der Waals surface area contributed by atoms with Gasteiger partial charge in [-0.05, 0) is 35.7 Å². The van der Waals surface area contributed by atoms with Gasteiger partial charge in [0.2, 0.25) is 12.7 Å². The first-order valence-electron chi connectivity index (χ1n) is 9.92. The number of carbonyl (C=O) groups excluding carboxylic acids is 1. The van der Waals surface area contributed by atoms with Crippen molar-refractivity contribution < 1.29 is 23.7 Å². The summed E-state index contributed by atoms with van der Waals surface area (Å²) >= 11 is 0. The molecule has 7 nitrogen and oxygen atoms in total. The van der Waals surface area contributed by atoms with Crippen LogP contribution in [0.4, 0.5) is 5.69 Å². The highest BCUT2D eigenvalue weighted by Crippen LogP contribution is 2.35.